The summed E-state index contributed by atoms with van der Waals surface area (Å²) in [5.41, 5.74) is 1.31. The van der Waals surface area contributed by atoms with Crippen molar-refractivity contribution in [2.24, 2.45) is 5.92 Å². The van der Waals surface area contributed by atoms with Crippen LogP contribution in [-0.2, 0) is 0 Å². The van der Waals surface area contributed by atoms with Crippen molar-refractivity contribution >= 4 is 0 Å². The van der Waals surface area contributed by atoms with Gasteiger partial charge in [-0.2, -0.15) is 0 Å². The fourth-order valence-corrected chi connectivity index (χ4v) is 1.09. The van der Waals surface area contributed by atoms with Crippen LogP contribution >= 0.6 is 0 Å². The zero-order valence-electron chi connectivity index (χ0n) is 11.0. The smallest absolute Gasteiger partial charge is 0.0326 e. The lowest BCUT2D eigenvalue weighted by atomic mass is 10.1. The molecule has 0 aliphatic carbocycles. The molecule has 0 unspecified atom stereocenters. The molecule has 0 saturated carbocycles. The summed E-state index contributed by atoms with van der Waals surface area (Å²) in [5.74, 6) is 0.903. The molecule has 0 spiro atoms. The van der Waals surface area contributed by atoms with E-state index in [1.165, 1.54) is 44.1 Å². The van der Waals surface area contributed by atoms with E-state index in [1.54, 1.807) is 0 Å². The van der Waals surface area contributed by atoms with Gasteiger partial charge in [-0.3, -0.25) is 0 Å². The highest BCUT2D eigenvalue weighted by Crippen LogP contribution is 2.04. The summed E-state index contributed by atoms with van der Waals surface area (Å²) in [4.78, 5) is 0. The molecule has 0 radical (unpaired) electrons. The van der Waals surface area contributed by atoms with Gasteiger partial charge in [0.2, 0.25) is 0 Å². The van der Waals surface area contributed by atoms with E-state index in [9.17, 15) is 0 Å². The maximum absolute atomic E-state index is 3.79. The zero-order chi connectivity index (χ0) is 11.4. The van der Waals surface area contributed by atoms with Crippen LogP contribution in [0.3, 0.4) is 0 Å². The normalized spacial score (nSPS) is 9.57. The van der Waals surface area contributed by atoms with E-state index in [4.69, 9.17) is 0 Å². The standard InChI is InChI=1S/C7H16.C7H14/c2*1-4-5-6-7(2)3/h7H,4-6H2,1-3H3;2,4-6H2,1,3H3. The Morgan fingerprint density at radius 3 is 1.71 bits per heavy atom. The lowest BCUT2D eigenvalue weighted by Crippen LogP contribution is -1.83. The molecule has 0 bridgehead atoms. The zero-order valence-corrected chi connectivity index (χ0v) is 11.0. The first kappa shape index (κ1) is 16.2. The first-order valence-corrected chi connectivity index (χ1v) is 6.18. The van der Waals surface area contributed by atoms with Crippen LogP contribution in [0.2, 0.25) is 0 Å². The molecule has 0 nitrogen and oxygen atoms in total. The van der Waals surface area contributed by atoms with Gasteiger partial charge >= 0.3 is 0 Å². The van der Waals surface area contributed by atoms with Gasteiger partial charge in [0, 0.05) is 0 Å². The molecule has 0 heteroatoms. The second kappa shape index (κ2) is 12.7. The van der Waals surface area contributed by atoms with Crippen LogP contribution in [0.4, 0.5) is 0 Å². The Morgan fingerprint density at radius 1 is 1.07 bits per heavy atom. The molecule has 0 fully saturated rings. The van der Waals surface area contributed by atoms with Gasteiger partial charge in [-0.05, 0) is 25.7 Å². The Hall–Kier alpha value is -0.260. The molecule has 86 valence electrons. The molecule has 0 heterocycles. The van der Waals surface area contributed by atoms with Crippen molar-refractivity contribution in [1.82, 2.24) is 0 Å². The first-order chi connectivity index (χ1) is 6.54. The van der Waals surface area contributed by atoms with E-state index in [1.807, 2.05) is 0 Å². The fourth-order valence-electron chi connectivity index (χ4n) is 1.09. The van der Waals surface area contributed by atoms with Gasteiger partial charge in [-0.1, -0.05) is 59.0 Å². The second-order valence-corrected chi connectivity index (χ2v) is 4.60. The minimum atomic E-state index is 0.903. The van der Waals surface area contributed by atoms with E-state index >= 15 is 0 Å². The lowest BCUT2D eigenvalue weighted by molar-refractivity contribution is 0.550. The molecule has 0 aliphatic rings. The van der Waals surface area contributed by atoms with Gasteiger partial charge in [0.25, 0.3) is 0 Å². The molecule has 0 aromatic heterocycles. The average Bonchev–Trinajstić information content (AvgIpc) is 2.12. The van der Waals surface area contributed by atoms with Gasteiger partial charge in [0.15, 0.2) is 0 Å². The molecular formula is C14H30. The number of hydrogen-bond donors (Lipinski definition) is 0. The number of allylic oxidation sites excluding steroid dienone is 1. The number of unbranched alkanes of at least 4 members (excludes halogenated alkanes) is 2. The maximum Gasteiger partial charge on any atom is -0.0326 e. The highest BCUT2D eigenvalue weighted by atomic mass is 13.9. The Bertz CT molecular complexity index is 111. The van der Waals surface area contributed by atoms with Crippen LogP contribution < -0.4 is 0 Å². The minimum absolute atomic E-state index is 0.903. The average molecular weight is 198 g/mol. The summed E-state index contributed by atoms with van der Waals surface area (Å²) in [6.07, 6.45) is 7.94. The highest BCUT2D eigenvalue weighted by molar-refractivity contribution is 4.86. The van der Waals surface area contributed by atoms with Gasteiger partial charge in [0.1, 0.15) is 0 Å². The third-order valence-corrected chi connectivity index (χ3v) is 2.09. The van der Waals surface area contributed by atoms with Crippen LogP contribution in [0.5, 0.6) is 0 Å². The molecular weight excluding hydrogens is 168 g/mol. The van der Waals surface area contributed by atoms with Crippen LogP contribution in [0.15, 0.2) is 12.2 Å². The van der Waals surface area contributed by atoms with E-state index in [2.05, 4.69) is 41.2 Å². The SMILES string of the molecule is C=C(C)CCCC.CCCCC(C)C. The predicted molar refractivity (Wildman–Crippen MR) is 68.7 cm³/mol. The Morgan fingerprint density at radius 2 is 1.57 bits per heavy atom. The Labute approximate surface area is 91.8 Å². The van der Waals surface area contributed by atoms with E-state index in [0.717, 1.165) is 5.92 Å². The molecule has 0 N–H and O–H groups in total. The molecule has 0 aliphatic heterocycles. The van der Waals surface area contributed by atoms with Crippen LogP contribution in [-0.4, -0.2) is 0 Å². The van der Waals surface area contributed by atoms with Gasteiger partial charge in [-0.15, -0.1) is 6.58 Å². The first-order valence-electron chi connectivity index (χ1n) is 6.18. The number of hydrogen-bond acceptors (Lipinski definition) is 0. The van der Waals surface area contributed by atoms with Gasteiger partial charge in [-0.25, -0.2) is 0 Å². The van der Waals surface area contributed by atoms with Crippen LogP contribution in [0.1, 0.15) is 73.1 Å². The number of rotatable bonds is 6. The summed E-state index contributed by atoms with van der Waals surface area (Å²) in [5, 5.41) is 0. The molecule has 0 saturated heterocycles. The third kappa shape index (κ3) is 22.6. The van der Waals surface area contributed by atoms with Crippen molar-refractivity contribution in [3.05, 3.63) is 12.2 Å². The molecule has 0 atom stereocenters. The largest absolute Gasteiger partial charge is 0.100 e. The Balaban J connectivity index is 0. The summed E-state index contributed by atoms with van der Waals surface area (Å²) in [7, 11) is 0. The molecule has 14 heavy (non-hydrogen) atoms. The molecule has 0 amide bonds. The van der Waals surface area contributed by atoms with Crippen LogP contribution in [0, 0.1) is 5.92 Å². The quantitative estimate of drug-likeness (QED) is 0.488. The predicted octanol–water partition coefficient (Wildman–Crippen LogP) is 5.59. The summed E-state index contributed by atoms with van der Waals surface area (Å²) in [6.45, 7) is 14.9. The van der Waals surface area contributed by atoms with E-state index in [0.29, 0.717) is 0 Å². The summed E-state index contributed by atoms with van der Waals surface area (Å²) in [6, 6.07) is 0. The van der Waals surface area contributed by atoms with E-state index < -0.39 is 0 Å². The summed E-state index contributed by atoms with van der Waals surface area (Å²) < 4.78 is 0. The monoisotopic (exact) mass is 198 g/mol. The maximum atomic E-state index is 3.79. The molecule has 0 aromatic carbocycles. The summed E-state index contributed by atoms with van der Waals surface area (Å²) >= 11 is 0. The Kier molecular flexibility index (Phi) is 14.7. The third-order valence-electron chi connectivity index (χ3n) is 2.09. The minimum Gasteiger partial charge on any atom is -0.100 e. The topological polar surface area (TPSA) is 0 Å². The van der Waals surface area contributed by atoms with Crippen molar-refractivity contribution in [3.63, 3.8) is 0 Å². The van der Waals surface area contributed by atoms with Crippen molar-refractivity contribution < 1.29 is 0 Å². The van der Waals surface area contributed by atoms with Gasteiger partial charge < -0.3 is 0 Å². The highest BCUT2D eigenvalue weighted by Gasteiger charge is 1.88. The van der Waals surface area contributed by atoms with Crippen molar-refractivity contribution in [2.45, 2.75) is 73.1 Å². The van der Waals surface area contributed by atoms with Crippen molar-refractivity contribution in [1.29, 1.82) is 0 Å². The lowest BCUT2D eigenvalue weighted by Gasteiger charge is -1.98. The fraction of sp³-hybridized carbons (Fsp3) is 0.857. The van der Waals surface area contributed by atoms with Crippen molar-refractivity contribution in [2.75, 3.05) is 0 Å². The van der Waals surface area contributed by atoms with E-state index in [-0.39, 0.29) is 0 Å². The van der Waals surface area contributed by atoms with Crippen molar-refractivity contribution in [3.8, 4) is 0 Å². The molecule has 0 rings (SSSR count). The van der Waals surface area contributed by atoms with Gasteiger partial charge in [0.05, 0.1) is 0 Å². The van der Waals surface area contributed by atoms with Crippen LogP contribution in [0.25, 0.3) is 0 Å². The second-order valence-electron chi connectivity index (χ2n) is 4.60. The molecule has 0 aromatic rings.